The van der Waals surface area contributed by atoms with Gasteiger partial charge in [-0.1, -0.05) is 50.2 Å². The minimum atomic E-state index is -0.299. The Labute approximate surface area is 184 Å². The van der Waals surface area contributed by atoms with Crippen LogP contribution in [0.4, 0.5) is 4.39 Å². The molecule has 0 spiro atoms. The van der Waals surface area contributed by atoms with Crippen molar-refractivity contribution in [3.8, 4) is 0 Å². The predicted molar refractivity (Wildman–Crippen MR) is 120 cm³/mol. The van der Waals surface area contributed by atoms with E-state index in [0.717, 1.165) is 12.0 Å². The number of amides is 2. The molecule has 0 saturated carbocycles. The van der Waals surface area contributed by atoms with Crippen LogP contribution < -0.4 is 5.32 Å². The Kier molecular flexibility index (Phi) is 8.18. The second-order valence-electron chi connectivity index (χ2n) is 8.46. The lowest BCUT2D eigenvalue weighted by molar-refractivity contribution is -0.132. The minimum absolute atomic E-state index is 0.0184. The molecule has 1 aliphatic rings. The van der Waals surface area contributed by atoms with Crippen molar-refractivity contribution in [1.29, 1.82) is 0 Å². The van der Waals surface area contributed by atoms with E-state index in [-0.39, 0.29) is 24.1 Å². The number of carbonyl (C=O) groups is 2. The molecule has 0 bridgehead atoms. The molecule has 0 aliphatic carbocycles. The fourth-order valence-electron chi connectivity index (χ4n) is 3.72. The zero-order valence-electron chi connectivity index (χ0n) is 18.4. The summed E-state index contributed by atoms with van der Waals surface area (Å²) in [6.07, 6.45) is 1.09. The predicted octanol–water partition coefficient (Wildman–Crippen LogP) is 2.99. The van der Waals surface area contributed by atoms with E-state index < -0.39 is 0 Å². The van der Waals surface area contributed by atoms with Gasteiger partial charge in [0, 0.05) is 32.7 Å². The van der Waals surface area contributed by atoms with Crippen LogP contribution in [0.15, 0.2) is 48.5 Å². The summed E-state index contributed by atoms with van der Waals surface area (Å²) < 4.78 is 13.0. The Morgan fingerprint density at radius 3 is 2.16 bits per heavy atom. The molecule has 2 amide bonds. The largest absolute Gasteiger partial charge is 0.355 e. The molecule has 31 heavy (non-hydrogen) atoms. The second-order valence-corrected chi connectivity index (χ2v) is 8.46. The van der Waals surface area contributed by atoms with Crippen molar-refractivity contribution in [3.63, 3.8) is 0 Å². The molecule has 0 aromatic heterocycles. The lowest BCUT2D eigenvalue weighted by Crippen LogP contribution is -2.51. The first kappa shape index (κ1) is 22.9. The van der Waals surface area contributed by atoms with Gasteiger partial charge >= 0.3 is 0 Å². The number of nitrogens with zero attached hydrogens (tertiary/aromatic N) is 2. The zero-order chi connectivity index (χ0) is 22.2. The van der Waals surface area contributed by atoms with Gasteiger partial charge in [0.2, 0.25) is 11.8 Å². The van der Waals surface area contributed by atoms with E-state index in [1.165, 1.54) is 23.3 Å². The average Bonchev–Trinajstić information content (AvgIpc) is 2.76. The zero-order valence-corrected chi connectivity index (χ0v) is 18.4. The molecule has 5 nitrogen and oxygen atoms in total. The highest BCUT2D eigenvalue weighted by Crippen LogP contribution is 2.14. The number of hydrogen-bond donors (Lipinski definition) is 1. The number of carbonyl (C=O) groups excluding carboxylic acids is 2. The number of rotatable bonds is 8. The van der Waals surface area contributed by atoms with Gasteiger partial charge in [-0.05, 0) is 41.2 Å². The molecule has 1 aliphatic heterocycles. The summed E-state index contributed by atoms with van der Waals surface area (Å²) in [4.78, 5) is 28.6. The molecular formula is C25H32FN3O2. The maximum Gasteiger partial charge on any atom is 0.234 e. The van der Waals surface area contributed by atoms with Gasteiger partial charge in [-0.15, -0.1) is 0 Å². The smallest absolute Gasteiger partial charge is 0.234 e. The first-order chi connectivity index (χ1) is 14.9. The maximum atomic E-state index is 13.0. The third-order valence-electron chi connectivity index (χ3n) is 5.74. The van der Waals surface area contributed by atoms with Crippen LogP contribution >= 0.6 is 0 Å². The van der Waals surface area contributed by atoms with E-state index in [4.69, 9.17) is 0 Å². The van der Waals surface area contributed by atoms with Crippen LogP contribution in [0.3, 0.4) is 0 Å². The van der Waals surface area contributed by atoms with Crippen molar-refractivity contribution in [1.82, 2.24) is 15.1 Å². The summed E-state index contributed by atoms with van der Waals surface area (Å²) in [5.41, 5.74) is 3.35. The molecule has 3 rings (SSSR count). The molecule has 166 valence electrons. The van der Waals surface area contributed by atoms with E-state index in [2.05, 4.69) is 48.3 Å². The van der Waals surface area contributed by atoms with Crippen molar-refractivity contribution in [2.24, 2.45) is 0 Å². The van der Waals surface area contributed by atoms with Crippen LogP contribution in [0.1, 0.15) is 36.5 Å². The standard InChI is InChI=1S/C25H32FN3O2/c1-19(2)22-7-3-20(4-8-22)11-12-27-24(30)18-28-13-15-29(16-14-28)25(31)17-21-5-9-23(26)10-6-21/h3-10,19H,11-18H2,1-2H3,(H,27,30). The Hall–Kier alpha value is -2.73. The Morgan fingerprint density at radius 1 is 0.935 bits per heavy atom. The normalized spacial score (nSPS) is 14.6. The van der Waals surface area contributed by atoms with Crippen LogP contribution in [0.2, 0.25) is 0 Å². The summed E-state index contributed by atoms with van der Waals surface area (Å²) in [6, 6.07) is 14.6. The SMILES string of the molecule is CC(C)c1ccc(CCNC(=O)CN2CCN(C(=O)Cc3ccc(F)cc3)CC2)cc1. The third-order valence-corrected chi connectivity index (χ3v) is 5.74. The molecule has 1 N–H and O–H groups in total. The first-order valence-corrected chi connectivity index (χ1v) is 11.0. The van der Waals surface area contributed by atoms with E-state index >= 15 is 0 Å². The minimum Gasteiger partial charge on any atom is -0.355 e. The lowest BCUT2D eigenvalue weighted by atomic mass is 10.0. The number of nitrogens with one attached hydrogen (secondary N) is 1. The fourth-order valence-corrected chi connectivity index (χ4v) is 3.72. The summed E-state index contributed by atoms with van der Waals surface area (Å²) in [5.74, 6) is 0.281. The Morgan fingerprint density at radius 2 is 1.55 bits per heavy atom. The molecule has 2 aromatic rings. The van der Waals surface area contributed by atoms with Crippen LogP contribution in [0.5, 0.6) is 0 Å². The van der Waals surface area contributed by atoms with Gasteiger partial charge in [0.25, 0.3) is 0 Å². The fraction of sp³-hybridized carbons (Fsp3) is 0.440. The van der Waals surface area contributed by atoms with E-state index in [1.54, 1.807) is 12.1 Å². The van der Waals surface area contributed by atoms with Crippen LogP contribution in [0.25, 0.3) is 0 Å². The summed E-state index contributed by atoms with van der Waals surface area (Å²) in [5, 5.41) is 3.00. The van der Waals surface area contributed by atoms with Gasteiger partial charge in [-0.3, -0.25) is 14.5 Å². The van der Waals surface area contributed by atoms with Crippen molar-refractivity contribution >= 4 is 11.8 Å². The average molecular weight is 426 g/mol. The highest BCUT2D eigenvalue weighted by molar-refractivity contribution is 5.79. The summed E-state index contributed by atoms with van der Waals surface area (Å²) in [7, 11) is 0. The monoisotopic (exact) mass is 425 g/mol. The molecule has 2 aromatic carbocycles. The summed E-state index contributed by atoms with van der Waals surface area (Å²) in [6.45, 7) is 7.90. The molecule has 0 atom stereocenters. The number of hydrogen-bond acceptors (Lipinski definition) is 3. The molecule has 0 radical (unpaired) electrons. The van der Waals surface area contributed by atoms with Crippen LogP contribution in [0, 0.1) is 5.82 Å². The van der Waals surface area contributed by atoms with Gasteiger partial charge in [0.15, 0.2) is 0 Å². The lowest BCUT2D eigenvalue weighted by Gasteiger charge is -2.34. The molecular weight excluding hydrogens is 393 g/mol. The number of benzene rings is 2. The third kappa shape index (κ3) is 7.17. The van der Waals surface area contributed by atoms with Crippen molar-refractivity contribution in [2.75, 3.05) is 39.3 Å². The topological polar surface area (TPSA) is 52.7 Å². The molecule has 1 fully saturated rings. The van der Waals surface area contributed by atoms with Crippen molar-refractivity contribution in [2.45, 2.75) is 32.6 Å². The highest BCUT2D eigenvalue weighted by atomic mass is 19.1. The van der Waals surface area contributed by atoms with E-state index in [0.29, 0.717) is 45.2 Å². The van der Waals surface area contributed by atoms with Crippen LogP contribution in [-0.2, 0) is 22.4 Å². The van der Waals surface area contributed by atoms with Gasteiger partial charge < -0.3 is 10.2 Å². The van der Waals surface area contributed by atoms with Gasteiger partial charge in [-0.2, -0.15) is 0 Å². The highest BCUT2D eigenvalue weighted by Gasteiger charge is 2.22. The van der Waals surface area contributed by atoms with Gasteiger partial charge in [-0.25, -0.2) is 4.39 Å². The molecule has 0 unspecified atom stereocenters. The molecule has 6 heteroatoms. The van der Waals surface area contributed by atoms with Gasteiger partial charge in [0.1, 0.15) is 5.82 Å². The maximum absolute atomic E-state index is 13.0. The first-order valence-electron chi connectivity index (χ1n) is 11.0. The van der Waals surface area contributed by atoms with Gasteiger partial charge in [0.05, 0.1) is 13.0 Å². The quantitative estimate of drug-likeness (QED) is 0.708. The van der Waals surface area contributed by atoms with Crippen molar-refractivity contribution in [3.05, 3.63) is 71.0 Å². The summed E-state index contributed by atoms with van der Waals surface area (Å²) >= 11 is 0. The molecule has 1 saturated heterocycles. The Bertz CT molecular complexity index is 857. The molecule has 1 heterocycles. The number of piperazine rings is 1. The van der Waals surface area contributed by atoms with Crippen molar-refractivity contribution < 1.29 is 14.0 Å². The number of halogens is 1. The van der Waals surface area contributed by atoms with E-state index in [1.807, 2.05) is 4.90 Å². The van der Waals surface area contributed by atoms with Crippen LogP contribution in [-0.4, -0.2) is 60.9 Å². The Balaban J connectivity index is 1.34. The van der Waals surface area contributed by atoms with E-state index in [9.17, 15) is 14.0 Å². The second kappa shape index (κ2) is 11.0.